The van der Waals surface area contributed by atoms with Crippen molar-refractivity contribution in [2.24, 2.45) is 0 Å². The van der Waals surface area contributed by atoms with E-state index in [1.807, 2.05) is 36.4 Å². The maximum atomic E-state index is 13.5. The second-order valence-electron chi connectivity index (χ2n) is 8.45. The van der Waals surface area contributed by atoms with Crippen molar-refractivity contribution in [3.05, 3.63) is 102 Å². The van der Waals surface area contributed by atoms with E-state index in [4.69, 9.17) is 0 Å². The summed E-state index contributed by atoms with van der Waals surface area (Å²) in [6.45, 7) is -0.241. The van der Waals surface area contributed by atoms with Crippen LogP contribution in [-0.2, 0) is 39.1 Å². The fraction of sp³-hybridized carbons (Fsp3) is 0.269. The summed E-state index contributed by atoms with van der Waals surface area (Å²) in [6.07, 6.45) is 4.47. The first-order valence-corrected chi connectivity index (χ1v) is 13.1. The first kappa shape index (κ1) is 27.0. The smallest absolute Gasteiger partial charge is 0.243 e. The molecule has 36 heavy (non-hydrogen) atoms. The number of hydrogen-bond acceptors (Lipinski definition) is 5. The van der Waals surface area contributed by atoms with E-state index in [0.717, 1.165) is 21.7 Å². The summed E-state index contributed by atoms with van der Waals surface area (Å²) in [5.74, 6) is -1.38. The van der Waals surface area contributed by atoms with Gasteiger partial charge in [0.05, 0.1) is 12.8 Å². The molecule has 3 aromatic rings. The molecular weight excluding hydrogens is 483 g/mol. The number of pyridine rings is 1. The van der Waals surface area contributed by atoms with Crippen LogP contribution in [-0.4, -0.2) is 60.3 Å². The predicted molar refractivity (Wildman–Crippen MR) is 134 cm³/mol. The Morgan fingerprint density at radius 3 is 2.25 bits per heavy atom. The lowest BCUT2D eigenvalue weighted by atomic mass is 10.0. The van der Waals surface area contributed by atoms with E-state index >= 15 is 0 Å². The molecule has 2 amide bonds. The van der Waals surface area contributed by atoms with Crippen molar-refractivity contribution in [3.8, 4) is 0 Å². The van der Waals surface area contributed by atoms with Crippen LogP contribution in [0, 0.1) is 5.82 Å². The molecule has 1 aromatic heterocycles. The Hall–Kier alpha value is -3.63. The molecule has 3 rings (SSSR count). The largest absolute Gasteiger partial charge is 0.350 e. The molecule has 0 saturated carbocycles. The van der Waals surface area contributed by atoms with Gasteiger partial charge >= 0.3 is 0 Å². The predicted octanol–water partition coefficient (Wildman–Crippen LogP) is 2.37. The third-order valence-electron chi connectivity index (χ3n) is 5.65. The monoisotopic (exact) mass is 512 g/mol. The maximum Gasteiger partial charge on any atom is 0.243 e. The van der Waals surface area contributed by atoms with Gasteiger partial charge in [-0.25, -0.2) is 12.8 Å². The Morgan fingerprint density at radius 2 is 1.64 bits per heavy atom. The van der Waals surface area contributed by atoms with Crippen molar-refractivity contribution in [2.45, 2.75) is 25.6 Å². The molecule has 0 spiro atoms. The molecule has 0 radical (unpaired) electrons. The zero-order valence-corrected chi connectivity index (χ0v) is 21.0. The van der Waals surface area contributed by atoms with E-state index in [2.05, 4.69) is 10.3 Å². The first-order chi connectivity index (χ1) is 17.1. The van der Waals surface area contributed by atoms with Gasteiger partial charge in [-0.2, -0.15) is 4.31 Å². The van der Waals surface area contributed by atoms with Crippen molar-refractivity contribution in [3.63, 3.8) is 0 Å². The Labute approximate surface area is 210 Å². The van der Waals surface area contributed by atoms with Crippen molar-refractivity contribution < 1.29 is 22.4 Å². The Bertz CT molecular complexity index is 1260. The molecule has 0 aliphatic carbocycles. The average molecular weight is 513 g/mol. The zero-order valence-electron chi connectivity index (χ0n) is 20.2. The summed E-state index contributed by atoms with van der Waals surface area (Å²) in [7, 11) is -2.33. The molecule has 0 aliphatic heterocycles. The van der Waals surface area contributed by atoms with E-state index < -0.39 is 40.2 Å². The number of hydrogen-bond donors (Lipinski definition) is 1. The van der Waals surface area contributed by atoms with Crippen molar-refractivity contribution in [1.29, 1.82) is 0 Å². The second kappa shape index (κ2) is 12.4. The number of sulfonamides is 1. The number of nitrogens with one attached hydrogen (secondary N) is 1. The third-order valence-corrected chi connectivity index (χ3v) is 6.91. The second-order valence-corrected chi connectivity index (χ2v) is 10.5. The van der Waals surface area contributed by atoms with E-state index in [-0.39, 0.29) is 19.5 Å². The summed E-state index contributed by atoms with van der Waals surface area (Å²) in [5.41, 5.74) is 2.22. The lowest BCUT2D eigenvalue weighted by molar-refractivity contribution is -0.141. The molecule has 0 fully saturated rings. The zero-order chi connectivity index (χ0) is 26.1. The number of halogens is 1. The lowest BCUT2D eigenvalue weighted by Crippen LogP contribution is -2.52. The SMILES string of the molecule is CN(CC(=O)N(Cc1ccc(F)cc1)C(Cc1ccccc1)C(=O)NCc1cccnc1)S(C)(=O)=O. The highest BCUT2D eigenvalue weighted by Crippen LogP contribution is 2.16. The molecule has 190 valence electrons. The summed E-state index contributed by atoms with van der Waals surface area (Å²) in [6, 6.07) is 17.5. The lowest BCUT2D eigenvalue weighted by Gasteiger charge is -2.32. The van der Waals surface area contributed by atoms with E-state index in [0.29, 0.717) is 5.56 Å². The van der Waals surface area contributed by atoms with Gasteiger partial charge in [0.25, 0.3) is 0 Å². The molecule has 1 heterocycles. The average Bonchev–Trinajstić information content (AvgIpc) is 2.86. The minimum absolute atomic E-state index is 0.00543. The molecule has 2 aromatic carbocycles. The molecule has 0 saturated heterocycles. The number of aromatic nitrogens is 1. The summed E-state index contributed by atoms with van der Waals surface area (Å²) >= 11 is 0. The standard InChI is InChI=1S/C26H29FN4O4S/c1-30(36(2,34)35)19-25(32)31(18-21-10-12-23(27)13-11-21)24(15-20-7-4-3-5-8-20)26(33)29-17-22-9-6-14-28-16-22/h3-14,16,24H,15,17-19H2,1-2H3,(H,29,33). The Morgan fingerprint density at radius 1 is 0.972 bits per heavy atom. The number of likely N-dealkylation sites (N-methyl/N-ethyl adjacent to an activating group) is 1. The summed E-state index contributed by atoms with van der Waals surface area (Å²) < 4.78 is 38.4. The van der Waals surface area contributed by atoms with Gasteiger partial charge in [0, 0.05) is 39.0 Å². The highest BCUT2D eigenvalue weighted by molar-refractivity contribution is 7.88. The summed E-state index contributed by atoms with van der Waals surface area (Å²) in [4.78, 5) is 32.3. The minimum Gasteiger partial charge on any atom is -0.350 e. The number of carbonyl (C=O) groups excluding carboxylic acids is 2. The molecule has 10 heteroatoms. The van der Waals surface area contributed by atoms with Crippen molar-refractivity contribution >= 4 is 21.8 Å². The molecule has 0 bridgehead atoms. The molecule has 0 aliphatic rings. The van der Waals surface area contributed by atoms with Gasteiger partial charge < -0.3 is 10.2 Å². The fourth-order valence-corrected chi connectivity index (χ4v) is 3.89. The van der Waals surface area contributed by atoms with Gasteiger partial charge in [0.15, 0.2) is 0 Å². The van der Waals surface area contributed by atoms with Crippen LogP contribution in [0.5, 0.6) is 0 Å². The minimum atomic E-state index is -3.63. The number of amides is 2. The third kappa shape index (κ3) is 7.96. The molecule has 1 N–H and O–H groups in total. The molecule has 1 unspecified atom stereocenters. The molecule has 1 atom stereocenters. The van der Waals surface area contributed by atoms with Crippen LogP contribution < -0.4 is 5.32 Å². The van der Waals surface area contributed by atoms with Gasteiger partial charge in [0.1, 0.15) is 11.9 Å². The van der Waals surface area contributed by atoms with E-state index in [1.165, 1.54) is 36.2 Å². The quantitative estimate of drug-likeness (QED) is 0.425. The Balaban J connectivity index is 1.94. The highest BCUT2D eigenvalue weighted by atomic mass is 32.2. The number of rotatable bonds is 11. The van der Waals surface area contributed by atoms with Gasteiger partial charge in [-0.15, -0.1) is 0 Å². The van der Waals surface area contributed by atoms with Gasteiger partial charge in [-0.1, -0.05) is 48.5 Å². The van der Waals surface area contributed by atoms with Crippen molar-refractivity contribution in [2.75, 3.05) is 19.8 Å². The van der Waals surface area contributed by atoms with Gasteiger partial charge in [-0.3, -0.25) is 14.6 Å². The van der Waals surface area contributed by atoms with Crippen LogP contribution in [0.4, 0.5) is 4.39 Å². The number of nitrogens with zero attached hydrogens (tertiary/aromatic N) is 3. The topological polar surface area (TPSA) is 99.7 Å². The van der Waals surface area contributed by atoms with Crippen LogP contribution in [0.3, 0.4) is 0 Å². The Kier molecular flexibility index (Phi) is 9.26. The van der Waals surface area contributed by atoms with Gasteiger partial charge in [0.2, 0.25) is 21.8 Å². The molecule has 8 nitrogen and oxygen atoms in total. The van der Waals surface area contributed by atoms with Crippen LogP contribution in [0.25, 0.3) is 0 Å². The van der Waals surface area contributed by atoms with Crippen molar-refractivity contribution in [1.82, 2.24) is 19.5 Å². The van der Waals surface area contributed by atoms with Crippen LogP contribution in [0.1, 0.15) is 16.7 Å². The normalized spacial score (nSPS) is 12.2. The van der Waals surface area contributed by atoms with E-state index in [9.17, 15) is 22.4 Å². The highest BCUT2D eigenvalue weighted by Gasteiger charge is 2.31. The number of benzene rings is 2. The summed E-state index contributed by atoms with van der Waals surface area (Å²) in [5, 5.41) is 2.87. The van der Waals surface area contributed by atoms with Crippen LogP contribution in [0.15, 0.2) is 79.1 Å². The van der Waals surface area contributed by atoms with E-state index in [1.54, 1.807) is 18.5 Å². The molecular formula is C26H29FN4O4S. The fourth-order valence-electron chi connectivity index (χ4n) is 3.55. The van der Waals surface area contributed by atoms with Crippen LogP contribution >= 0.6 is 0 Å². The van der Waals surface area contributed by atoms with Crippen LogP contribution in [0.2, 0.25) is 0 Å². The van der Waals surface area contributed by atoms with Gasteiger partial charge in [-0.05, 0) is 34.9 Å². The maximum absolute atomic E-state index is 13.5. The first-order valence-electron chi connectivity index (χ1n) is 11.3. The number of carbonyl (C=O) groups is 2.